The summed E-state index contributed by atoms with van der Waals surface area (Å²) in [6, 6.07) is 5.39. The molecule has 0 radical (unpaired) electrons. The van der Waals surface area contributed by atoms with E-state index in [0.717, 1.165) is 11.1 Å². The Morgan fingerprint density at radius 3 is 2.83 bits per heavy atom. The second kappa shape index (κ2) is 3.64. The van der Waals surface area contributed by atoms with Crippen molar-refractivity contribution in [1.29, 1.82) is 5.26 Å². The van der Waals surface area contributed by atoms with Crippen LogP contribution in [0.2, 0.25) is 0 Å². The molecule has 18 heavy (non-hydrogen) atoms. The number of hydrogen-bond acceptors (Lipinski definition) is 3. The molecule has 0 aliphatic heterocycles. The zero-order valence-corrected chi connectivity index (χ0v) is 9.70. The van der Waals surface area contributed by atoms with Crippen LogP contribution >= 0.6 is 0 Å². The van der Waals surface area contributed by atoms with Crippen molar-refractivity contribution in [3.05, 3.63) is 42.5 Å². The van der Waals surface area contributed by atoms with E-state index in [1.165, 1.54) is 0 Å². The van der Waals surface area contributed by atoms with Crippen LogP contribution in [0.15, 0.2) is 36.9 Å². The van der Waals surface area contributed by atoms with Gasteiger partial charge in [-0.1, -0.05) is 0 Å². The molecule has 5 nitrogen and oxygen atoms in total. The Morgan fingerprint density at radius 1 is 1.33 bits per heavy atom. The first-order valence-corrected chi connectivity index (χ1v) is 5.42. The summed E-state index contributed by atoms with van der Waals surface area (Å²) in [4.78, 5) is 0. The van der Waals surface area contributed by atoms with Gasteiger partial charge in [0.25, 0.3) is 0 Å². The molecule has 0 aromatic carbocycles. The standard InChI is InChI=1S/C13H10N4O/c1-16-7-11(6-15-16)10-4-12(18)13-9(5-14)2-3-17(13)8-10/h2-4,6-8,18H,1H3. The molecule has 0 fully saturated rings. The molecule has 0 unspecified atom stereocenters. The maximum atomic E-state index is 10.0. The van der Waals surface area contributed by atoms with Gasteiger partial charge in [-0.15, -0.1) is 0 Å². The number of aryl methyl sites for hydroxylation is 1. The summed E-state index contributed by atoms with van der Waals surface area (Å²) in [5.41, 5.74) is 2.77. The fraction of sp³-hybridized carbons (Fsp3) is 0.0769. The van der Waals surface area contributed by atoms with Crippen LogP contribution in [0.25, 0.3) is 16.6 Å². The molecule has 0 amide bonds. The SMILES string of the molecule is Cn1cc(-c2cc(O)c3c(C#N)ccn3c2)cn1. The van der Waals surface area contributed by atoms with Gasteiger partial charge in [-0.2, -0.15) is 10.4 Å². The normalized spacial score (nSPS) is 10.7. The largest absolute Gasteiger partial charge is 0.506 e. The van der Waals surface area contributed by atoms with Crippen molar-refractivity contribution in [3.8, 4) is 22.9 Å². The van der Waals surface area contributed by atoms with E-state index in [4.69, 9.17) is 5.26 Å². The Hall–Kier alpha value is -2.74. The van der Waals surface area contributed by atoms with Gasteiger partial charge >= 0.3 is 0 Å². The van der Waals surface area contributed by atoms with E-state index >= 15 is 0 Å². The molecule has 3 rings (SSSR count). The lowest BCUT2D eigenvalue weighted by Crippen LogP contribution is -1.87. The van der Waals surface area contributed by atoms with Crippen LogP contribution in [-0.4, -0.2) is 19.3 Å². The lowest BCUT2D eigenvalue weighted by molar-refractivity contribution is 0.479. The maximum absolute atomic E-state index is 10.0. The molecule has 1 N–H and O–H groups in total. The smallest absolute Gasteiger partial charge is 0.141 e. The van der Waals surface area contributed by atoms with Crippen molar-refractivity contribution in [2.75, 3.05) is 0 Å². The number of nitrogens with zero attached hydrogens (tertiary/aromatic N) is 4. The monoisotopic (exact) mass is 238 g/mol. The number of aromatic nitrogens is 3. The summed E-state index contributed by atoms with van der Waals surface area (Å²) in [5.74, 6) is 0.0953. The lowest BCUT2D eigenvalue weighted by atomic mass is 10.1. The Balaban J connectivity index is 2.26. The highest BCUT2D eigenvalue weighted by atomic mass is 16.3. The highest BCUT2D eigenvalue weighted by Crippen LogP contribution is 2.29. The summed E-state index contributed by atoms with van der Waals surface area (Å²) in [7, 11) is 1.84. The van der Waals surface area contributed by atoms with Crippen molar-refractivity contribution < 1.29 is 5.11 Å². The first kappa shape index (κ1) is 10.4. The zero-order valence-electron chi connectivity index (χ0n) is 9.70. The van der Waals surface area contributed by atoms with E-state index in [2.05, 4.69) is 11.2 Å². The Bertz CT molecular complexity index is 776. The molecule has 0 bridgehead atoms. The van der Waals surface area contributed by atoms with Gasteiger partial charge in [0.05, 0.1) is 11.8 Å². The summed E-state index contributed by atoms with van der Waals surface area (Å²) < 4.78 is 3.45. The van der Waals surface area contributed by atoms with Crippen LogP contribution in [-0.2, 0) is 7.05 Å². The second-order valence-electron chi connectivity index (χ2n) is 4.11. The minimum absolute atomic E-state index is 0.0953. The first-order chi connectivity index (χ1) is 8.69. The van der Waals surface area contributed by atoms with Gasteiger partial charge in [0, 0.05) is 36.8 Å². The third-order valence-corrected chi connectivity index (χ3v) is 2.89. The van der Waals surface area contributed by atoms with Crippen molar-refractivity contribution in [1.82, 2.24) is 14.2 Å². The molecule has 0 saturated heterocycles. The fourth-order valence-corrected chi connectivity index (χ4v) is 2.05. The summed E-state index contributed by atoms with van der Waals surface area (Å²) in [6.07, 6.45) is 7.23. The molecule has 3 aromatic rings. The molecule has 0 spiro atoms. The number of aromatic hydroxyl groups is 1. The van der Waals surface area contributed by atoms with Crippen LogP contribution in [0.1, 0.15) is 5.56 Å². The molecule has 0 aliphatic rings. The van der Waals surface area contributed by atoms with E-state index in [9.17, 15) is 5.11 Å². The number of nitriles is 1. The van der Waals surface area contributed by atoms with Crippen LogP contribution < -0.4 is 0 Å². The van der Waals surface area contributed by atoms with E-state index in [1.807, 2.05) is 19.4 Å². The average molecular weight is 238 g/mol. The zero-order chi connectivity index (χ0) is 12.7. The van der Waals surface area contributed by atoms with Gasteiger partial charge in [-0.25, -0.2) is 0 Å². The van der Waals surface area contributed by atoms with Crippen molar-refractivity contribution in [2.45, 2.75) is 0 Å². The fourth-order valence-electron chi connectivity index (χ4n) is 2.05. The minimum Gasteiger partial charge on any atom is -0.506 e. The molecule has 3 heterocycles. The van der Waals surface area contributed by atoms with Crippen molar-refractivity contribution in [2.24, 2.45) is 7.05 Å². The number of rotatable bonds is 1. The molecule has 0 atom stereocenters. The van der Waals surface area contributed by atoms with Gasteiger partial charge in [-0.3, -0.25) is 4.68 Å². The second-order valence-corrected chi connectivity index (χ2v) is 4.11. The predicted molar refractivity (Wildman–Crippen MR) is 66.0 cm³/mol. The van der Waals surface area contributed by atoms with Crippen molar-refractivity contribution >= 4 is 5.52 Å². The third kappa shape index (κ3) is 1.44. The number of fused-ring (bicyclic) bond motifs is 1. The number of pyridine rings is 1. The molecule has 0 aliphatic carbocycles. The van der Waals surface area contributed by atoms with Gasteiger partial charge in [0.1, 0.15) is 17.3 Å². The number of hydrogen-bond donors (Lipinski definition) is 1. The Labute approximate surface area is 103 Å². The van der Waals surface area contributed by atoms with Crippen LogP contribution in [0.3, 0.4) is 0 Å². The summed E-state index contributed by atoms with van der Waals surface area (Å²) in [5, 5.41) is 23.1. The molecular weight excluding hydrogens is 228 g/mol. The minimum atomic E-state index is 0.0953. The molecule has 88 valence electrons. The van der Waals surface area contributed by atoms with Crippen LogP contribution in [0.5, 0.6) is 5.75 Å². The molecule has 0 saturated carbocycles. The van der Waals surface area contributed by atoms with Gasteiger partial charge in [-0.05, 0) is 12.1 Å². The lowest BCUT2D eigenvalue weighted by Gasteiger charge is -2.03. The van der Waals surface area contributed by atoms with Crippen LogP contribution in [0, 0.1) is 11.3 Å². The van der Waals surface area contributed by atoms with E-state index in [1.54, 1.807) is 33.6 Å². The molecule has 5 heteroatoms. The van der Waals surface area contributed by atoms with Gasteiger partial charge in [0.2, 0.25) is 0 Å². The van der Waals surface area contributed by atoms with E-state index < -0.39 is 0 Å². The summed E-state index contributed by atoms with van der Waals surface area (Å²) >= 11 is 0. The predicted octanol–water partition coefficient (Wildman–Crippen LogP) is 1.92. The van der Waals surface area contributed by atoms with E-state index in [0.29, 0.717) is 11.1 Å². The maximum Gasteiger partial charge on any atom is 0.141 e. The van der Waals surface area contributed by atoms with Gasteiger partial charge in [0.15, 0.2) is 0 Å². The highest BCUT2D eigenvalue weighted by Gasteiger charge is 2.10. The van der Waals surface area contributed by atoms with Crippen molar-refractivity contribution in [3.63, 3.8) is 0 Å². The summed E-state index contributed by atoms with van der Waals surface area (Å²) in [6.45, 7) is 0. The average Bonchev–Trinajstić information content (AvgIpc) is 2.95. The molecule has 3 aromatic heterocycles. The van der Waals surface area contributed by atoms with Crippen LogP contribution in [0.4, 0.5) is 0 Å². The topological polar surface area (TPSA) is 66.2 Å². The Morgan fingerprint density at radius 2 is 2.17 bits per heavy atom. The highest BCUT2D eigenvalue weighted by molar-refractivity contribution is 5.75. The van der Waals surface area contributed by atoms with Gasteiger partial charge < -0.3 is 9.51 Å². The first-order valence-electron chi connectivity index (χ1n) is 5.42. The molecular formula is C13H10N4O. The van der Waals surface area contributed by atoms with E-state index in [-0.39, 0.29) is 5.75 Å². The Kier molecular flexibility index (Phi) is 2.10. The quantitative estimate of drug-likeness (QED) is 0.704. The third-order valence-electron chi connectivity index (χ3n) is 2.89.